The Bertz CT molecular complexity index is 201. The molecule has 11 heavy (non-hydrogen) atoms. The van der Waals surface area contributed by atoms with Crippen LogP contribution in [0.25, 0.3) is 0 Å². The van der Waals surface area contributed by atoms with E-state index in [0.717, 1.165) is 4.24 Å². The van der Waals surface area contributed by atoms with Crippen molar-refractivity contribution in [2.45, 2.75) is 0 Å². The van der Waals surface area contributed by atoms with Gasteiger partial charge in [-0.15, -0.1) is 23.5 Å². The van der Waals surface area contributed by atoms with Crippen molar-refractivity contribution in [1.82, 2.24) is 5.32 Å². The van der Waals surface area contributed by atoms with E-state index in [1.54, 1.807) is 0 Å². The van der Waals surface area contributed by atoms with Gasteiger partial charge in [-0.25, -0.2) is 0 Å². The maximum absolute atomic E-state index is 10.00. The SMILES string of the molecule is CSC(SC)=C(C#N)NC=O. The highest BCUT2D eigenvalue weighted by molar-refractivity contribution is 8.21. The summed E-state index contributed by atoms with van der Waals surface area (Å²) >= 11 is 2.88. The monoisotopic (exact) mass is 188 g/mol. The molecule has 0 aliphatic carbocycles. The minimum Gasteiger partial charge on any atom is -0.319 e. The number of thioether (sulfide) groups is 2. The second-order valence-corrected chi connectivity index (χ2v) is 3.34. The number of hydrogen-bond donors (Lipinski definition) is 1. The van der Waals surface area contributed by atoms with Crippen molar-refractivity contribution in [3.05, 3.63) is 9.93 Å². The minimum atomic E-state index is 0.319. The van der Waals surface area contributed by atoms with Crippen LogP contribution in [0.3, 0.4) is 0 Å². The largest absolute Gasteiger partial charge is 0.319 e. The highest BCUT2D eigenvalue weighted by Gasteiger charge is 2.01. The number of nitriles is 1. The van der Waals surface area contributed by atoms with E-state index in [1.807, 2.05) is 18.6 Å². The molecule has 0 saturated carbocycles. The van der Waals surface area contributed by atoms with E-state index in [2.05, 4.69) is 5.32 Å². The van der Waals surface area contributed by atoms with Gasteiger partial charge in [-0.2, -0.15) is 5.26 Å². The molecule has 0 aromatic carbocycles. The Morgan fingerprint density at radius 2 is 2.09 bits per heavy atom. The van der Waals surface area contributed by atoms with Crippen molar-refractivity contribution in [2.75, 3.05) is 12.5 Å². The zero-order chi connectivity index (χ0) is 8.69. The standard InChI is InChI=1S/C6H8N2OS2/c1-10-6(11-2)5(3-7)8-4-9/h4H,1-2H3,(H,8,9). The normalized spacial score (nSPS) is 8.09. The van der Waals surface area contributed by atoms with Crippen molar-refractivity contribution in [3.8, 4) is 6.07 Å². The van der Waals surface area contributed by atoms with Gasteiger partial charge in [-0.05, 0) is 12.5 Å². The molecule has 0 radical (unpaired) electrons. The van der Waals surface area contributed by atoms with Crippen LogP contribution in [-0.4, -0.2) is 18.9 Å². The molecule has 1 amide bonds. The molecule has 60 valence electrons. The molecule has 0 spiro atoms. The zero-order valence-corrected chi connectivity index (χ0v) is 7.88. The summed E-state index contributed by atoms with van der Waals surface area (Å²) in [5, 5.41) is 10.9. The Morgan fingerprint density at radius 3 is 2.36 bits per heavy atom. The lowest BCUT2D eigenvalue weighted by atomic mass is 10.5. The molecule has 0 aromatic heterocycles. The summed E-state index contributed by atoms with van der Waals surface area (Å²) in [6, 6.07) is 1.90. The number of nitrogens with one attached hydrogen (secondary N) is 1. The Balaban J connectivity index is 4.50. The molecular weight excluding hydrogens is 180 g/mol. The third kappa shape index (κ3) is 3.35. The van der Waals surface area contributed by atoms with Crippen LogP contribution in [0.15, 0.2) is 9.93 Å². The van der Waals surface area contributed by atoms with E-state index in [9.17, 15) is 4.79 Å². The maximum Gasteiger partial charge on any atom is 0.212 e. The average Bonchev–Trinajstić information content (AvgIpc) is 2.05. The van der Waals surface area contributed by atoms with Crippen molar-refractivity contribution in [3.63, 3.8) is 0 Å². The highest BCUT2D eigenvalue weighted by Crippen LogP contribution is 2.25. The van der Waals surface area contributed by atoms with E-state index < -0.39 is 0 Å². The van der Waals surface area contributed by atoms with E-state index >= 15 is 0 Å². The van der Waals surface area contributed by atoms with Crippen LogP contribution in [0.1, 0.15) is 0 Å². The van der Waals surface area contributed by atoms with Gasteiger partial charge in [0.2, 0.25) is 6.41 Å². The first-order valence-electron chi connectivity index (χ1n) is 2.72. The fraction of sp³-hybridized carbons (Fsp3) is 0.333. The smallest absolute Gasteiger partial charge is 0.212 e. The van der Waals surface area contributed by atoms with E-state index in [0.29, 0.717) is 12.1 Å². The van der Waals surface area contributed by atoms with Gasteiger partial charge >= 0.3 is 0 Å². The Hall–Kier alpha value is -0.600. The van der Waals surface area contributed by atoms with E-state index in [1.165, 1.54) is 23.5 Å². The van der Waals surface area contributed by atoms with Crippen LogP contribution in [0.5, 0.6) is 0 Å². The van der Waals surface area contributed by atoms with Crippen LogP contribution in [0.2, 0.25) is 0 Å². The van der Waals surface area contributed by atoms with Crippen LogP contribution in [0, 0.1) is 11.3 Å². The lowest BCUT2D eigenvalue weighted by Gasteiger charge is -2.01. The lowest BCUT2D eigenvalue weighted by molar-refractivity contribution is -0.108. The number of carbonyl (C=O) groups is 1. The summed E-state index contributed by atoms with van der Waals surface area (Å²) in [7, 11) is 0. The van der Waals surface area contributed by atoms with Crippen molar-refractivity contribution in [2.24, 2.45) is 0 Å². The third-order valence-corrected chi connectivity index (χ3v) is 3.04. The molecule has 0 heterocycles. The average molecular weight is 188 g/mol. The summed E-state index contributed by atoms with van der Waals surface area (Å²) in [5.74, 6) is 0. The van der Waals surface area contributed by atoms with Gasteiger partial charge in [0, 0.05) is 0 Å². The minimum absolute atomic E-state index is 0.319. The van der Waals surface area contributed by atoms with Crippen LogP contribution >= 0.6 is 23.5 Å². The molecule has 0 aliphatic heterocycles. The topological polar surface area (TPSA) is 52.9 Å². The summed E-state index contributed by atoms with van der Waals surface area (Å²) in [5.41, 5.74) is 0.319. The van der Waals surface area contributed by atoms with Crippen LogP contribution < -0.4 is 5.32 Å². The first kappa shape index (κ1) is 10.4. The number of allylic oxidation sites excluding steroid dienone is 1. The third-order valence-electron chi connectivity index (χ3n) is 0.890. The molecule has 0 aromatic rings. The number of amides is 1. The quantitative estimate of drug-likeness (QED) is 0.531. The van der Waals surface area contributed by atoms with Gasteiger partial charge in [0.1, 0.15) is 11.8 Å². The first-order valence-corrected chi connectivity index (χ1v) is 5.17. The molecule has 3 nitrogen and oxygen atoms in total. The van der Waals surface area contributed by atoms with Gasteiger partial charge in [-0.3, -0.25) is 4.79 Å². The molecular formula is C6H8N2OS2. The summed E-state index contributed by atoms with van der Waals surface area (Å²) < 4.78 is 0.819. The molecule has 0 bridgehead atoms. The van der Waals surface area contributed by atoms with Gasteiger partial charge in [0.25, 0.3) is 0 Å². The highest BCUT2D eigenvalue weighted by atomic mass is 32.2. The van der Waals surface area contributed by atoms with E-state index in [4.69, 9.17) is 5.26 Å². The fourth-order valence-electron chi connectivity index (χ4n) is 0.483. The molecule has 0 saturated heterocycles. The van der Waals surface area contributed by atoms with Gasteiger partial charge in [0.05, 0.1) is 4.24 Å². The summed E-state index contributed by atoms with van der Waals surface area (Å²) in [6.07, 6.45) is 4.22. The van der Waals surface area contributed by atoms with Crippen LogP contribution in [-0.2, 0) is 4.79 Å². The van der Waals surface area contributed by atoms with Gasteiger partial charge in [0.15, 0.2) is 0 Å². The fourth-order valence-corrected chi connectivity index (χ4v) is 1.77. The summed E-state index contributed by atoms with van der Waals surface area (Å²) in [4.78, 5) is 10.00. The molecule has 0 rings (SSSR count). The number of rotatable bonds is 4. The van der Waals surface area contributed by atoms with Gasteiger partial charge < -0.3 is 5.32 Å². The molecule has 0 fully saturated rings. The Morgan fingerprint density at radius 1 is 1.55 bits per heavy atom. The lowest BCUT2D eigenvalue weighted by Crippen LogP contribution is -2.09. The molecule has 0 unspecified atom stereocenters. The molecule has 1 N–H and O–H groups in total. The predicted octanol–water partition coefficient (Wildman–Crippen LogP) is 1.15. The molecule has 0 atom stereocenters. The second kappa shape index (κ2) is 6.13. The molecule has 0 aliphatic rings. The Kier molecular flexibility index (Phi) is 5.80. The van der Waals surface area contributed by atoms with Gasteiger partial charge in [-0.1, -0.05) is 0 Å². The number of carbonyl (C=O) groups excluding carboxylic acids is 1. The number of nitrogens with zero attached hydrogens (tertiary/aromatic N) is 1. The summed E-state index contributed by atoms with van der Waals surface area (Å²) in [6.45, 7) is 0. The maximum atomic E-state index is 10.00. The van der Waals surface area contributed by atoms with E-state index in [-0.39, 0.29) is 0 Å². The first-order chi connectivity index (χ1) is 5.29. The zero-order valence-electron chi connectivity index (χ0n) is 6.25. The van der Waals surface area contributed by atoms with Crippen molar-refractivity contribution in [1.29, 1.82) is 5.26 Å². The molecule has 5 heteroatoms. The van der Waals surface area contributed by atoms with Crippen molar-refractivity contribution < 1.29 is 4.79 Å². The second-order valence-electron chi connectivity index (χ2n) is 1.44. The van der Waals surface area contributed by atoms with Crippen molar-refractivity contribution >= 4 is 29.9 Å². The number of hydrogen-bond acceptors (Lipinski definition) is 4. The predicted molar refractivity (Wildman–Crippen MR) is 48.9 cm³/mol. The Labute approximate surface area is 74.2 Å². The van der Waals surface area contributed by atoms with Crippen LogP contribution in [0.4, 0.5) is 0 Å².